The van der Waals surface area contributed by atoms with Crippen molar-refractivity contribution in [2.45, 2.75) is 5.03 Å². The average Bonchev–Trinajstić information content (AvgIpc) is 2.68. The predicted molar refractivity (Wildman–Crippen MR) is 108 cm³/mol. The highest BCUT2D eigenvalue weighted by atomic mass is 79.9. The average molecular weight is 445 g/mol. The smallest absolute Gasteiger partial charge is 0.257 e. The molecule has 1 amide bonds. The molecule has 3 rings (SSSR count). The number of rotatable bonds is 6. The lowest BCUT2D eigenvalue weighted by Crippen LogP contribution is -2.12. The number of hydrogen-bond donors (Lipinski definition) is 1. The van der Waals surface area contributed by atoms with Crippen LogP contribution in [-0.2, 0) is 0 Å². The van der Waals surface area contributed by atoms with Crippen LogP contribution in [0.15, 0.2) is 76.4 Å². The maximum atomic E-state index is 12.9. The molecular formula is C20H14BrFN2O2S. The summed E-state index contributed by atoms with van der Waals surface area (Å²) in [5.41, 5.74) is 1.51. The minimum Gasteiger partial charge on any atom is -0.322 e. The molecule has 1 heterocycles. The quantitative estimate of drug-likeness (QED) is 0.418. The van der Waals surface area contributed by atoms with Crippen LogP contribution in [0.5, 0.6) is 0 Å². The highest BCUT2D eigenvalue weighted by molar-refractivity contribution is 9.10. The molecule has 0 radical (unpaired) electrons. The Morgan fingerprint density at radius 1 is 1.04 bits per heavy atom. The molecule has 1 aromatic heterocycles. The zero-order chi connectivity index (χ0) is 19.2. The fraction of sp³-hybridized carbons (Fsp3) is 0.0500. The van der Waals surface area contributed by atoms with E-state index in [1.165, 1.54) is 42.2 Å². The first-order chi connectivity index (χ1) is 13.0. The Hall–Kier alpha value is -2.51. The van der Waals surface area contributed by atoms with Crippen LogP contribution in [0.3, 0.4) is 0 Å². The van der Waals surface area contributed by atoms with Crippen LogP contribution in [0.4, 0.5) is 10.1 Å². The van der Waals surface area contributed by atoms with Crippen molar-refractivity contribution < 1.29 is 14.0 Å². The van der Waals surface area contributed by atoms with Crippen LogP contribution < -0.4 is 5.32 Å². The van der Waals surface area contributed by atoms with Gasteiger partial charge in [0.1, 0.15) is 5.82 Å². The van der Waals surface area contributed by atoms with E-state index in [9.17, 15) is 14.0 Å². The molecular weight excluding hydrogens is 431 g/mol. The highest BCUT2D eigenvalue weighted by Gasteiger charge is 2.10. The van der Waals surface area contributed by atoms with Crippen molar-refractivity contribution in [3.63, 3.8) is 0 Å². The molecule has 0 saturated carbocycles. The number of nitrogens with one attached hydrogen (secondary N) is 1. The topological polar surface area (TPSA) is 59.1 Å². The summed E-state index contributed by atoms with van der Waals surface area (Å²) in [5, 5.41) is 3.32. The van der Waals surface area contributed by atoms with Gasteiger partial charge in [0, 0.05) is 21.9 Å². The first-order valence-electron chi connectivity index (χ1n) is 7.96. The molecule has 3 aromatic rings. The van der Waals surface area contributed by atoms with Gasteiger partial charge in [0.05, 0.1) is 16.3 Å². The van der Waals surface area contributed by atoms with Gasteiger partial charge in [-0.3, -0.25) is 9.59 Å². The molecule has 0 spiro atoms. The molecule has 2 aromatic carbocycles. The van der Waals surface area contributed by atoms with Crippen molar-refractivity contribution in [3.8, 4) is 0 Å². The van der Waals surface area contributed by atoms with Gasteiger partial charge in [-0.25, -0.2) is 9.37 Å². The number of aromatic nitrogens is 1. The van der Waals surface area contributed by atoms with Crippen molar-refractivity contribution in [1.82, 2.24) is 4.98 Å². The van der Waals surface area contributed by atoms with Crippen molar-refractivity contribution in [1.29, 1.82) is 0 Å². The highest BCUT2D eigenvalue weighted by Crippen LogP contribution is 2.19. The van der Waals surface area contributed by atoms with Gasteiger partial charge < -0.3 is 5.32 Å². The lowest BCUT2D eigenvalue weighted by atomic mass is 10.2. The van der Waals surface area contributed by atoms with E-state index in [0.717, 1.165) is 4.47 Å². The van der Waals surface area contributed by atoms with Crippen LogP contribution in [-0.4, -0.2) is 22.4 Å². The Bertz CT molecular complexity index is 962. The predicted octanol–water partition coefficient (Wildman–Crippen LogP) is 5.21. The van der Waals surface area contributed by atoms with Crippen LogP contribution >= 0.6 is 27.7 Å². The second-order valence-corrected chi connectivity index (χ2v) is 7.48. The van der Waals surface area contributed by atoms with Crippen LogP contribution in [0, 0.1) is 5.82 Å². The zero-order valence-electron chi connectivity index (χ0n) is 14.0. The summed E-state index contributed by atoms with van der Waals surface area (Å²) in [6, 6.07) is 16.1. The van der Waals surface area contributed by atoms with E-state index in [1.807, 2.05) is 12.1 Å². The molecule has 4 nitrogen and oxygen atoms in total. The minimum absolute atomic E-state index is 0.00114. The number of amides is 1. The molecule has 0 bridgehead atoms. The van der Waals surface area contributed by atoms with Crippen molar-refractivity contribution in [2.24, 2.45) is 0 Å². The van der Waals surface area contributed by atoms with Gasteiger partial charge in [0.25, 0.3) is 5.91 Å². The van der Waals surface area contributed by atoms with Gasteiger partial charge in [0.2, 0.25) is 0 Å². The molecule has 0 aliphatic rings. The molecule has 0 aliphatic carbocycles. The fourth-order valence-electron chi connectivity index (χ4n) is 2.22. The Morgan fingerprint density at radius 3 is 2.48 bits per heavy atom. The molecule has 0 atom stereocenters. The number of ketones is 1. The second kappa shape index (κ2) is 8.92. The Morgan fingerprint density at radius 2 is 1.81 bits per heavy atom. The first-order valence-corrected chi connectivity index (χ1v) is 9.74. The van der Waals surface area contributed by atoms with Gasteiger partial charge in [-0.1, -0.05) is 39.8 Å². The largest absolute Gasteiger partial charge is 0.322 e. The molecule has 1 N–H and O–H groups in total. The van der Waals surface area contributed by atoms with Gasteiger partial charge >= 0.3 is 0 Å². The van der Waals surface area contributed by atoms with Crippen LogP contribution in [0.2, 0.25) is 0 Å². The number of benzene rings is 2. The maximum absolute atomic E-state index is 12.9. The summed E-state index contributed by atoms with van der Waals surface area (Å²) in [6.45, 7) is 0. The molecule has 0 aliphatic heterocycles. The second-order valence-electron chi connectivity index (χ2n) is 5.57. The molecule has 0 unspecified atom stereocenters. The number of carbonyl (C=O) groups is 2. The van der Waals surface area contributed by atoms with Crippen molar-refractivity contribution in [3.05, 3.63) is 88.3 Å². The summed E-state index contributed by atoms with van der Waals surface area (Å²) in [4.78, 5) is 28.6. The summed E-state index contributed by atoms with van der Waals surface area (Å²) in [7, 11) is 0. The van der Waals surface area contributed by atoms with E-state index in [1.54, 1.807) is 24.3 Å². The van der Waals surface area contributed by atoms with E-state index in [4.69, 9.17) is 0 Å². The van der Waals surface area contributed by atoms with Crippen LogP contribution in [0.1, 0.15) is 20.7 Å². The monoisotopic (exact) mass is 444 g/mol. The zero-order valence-corrected chi connectivity index (χ0v) is 16.4. The Labute approximate surface area is 168 Å². The van der Waals surface area contributed by atoms with E-state index in [2.05, 4.69) is 26.2 Å². The lowest BCUT2D eigenvalue weighted by molar-refractivity contribution is 0.101. The number of anilines is 1. The molecule has 136 valence electrons. The lowest BCUT2D eigenvalue weighted by Gasteiger charge is -2.06. The summed E-state index contributed by atoms with van der Waals surface area (Å²) in [6.07, 6.45) is 1.45. The van der Waals surface area contributed by atoms with Crippen LogP contribution in [0.25, 0.3) is 0 Å². The summed E-state index contributed by atoms with van der Waals surface area (Å²) in [5.74, 6) is -0.449. The third-order valence-corrected chi connectivity index (χ3v) is 5.04. The van der Waals surface area contributed by atoms with Gasteiger partial charge in [0.15, 0.2) is 5.78 Å². The number of Topliss-reactive ketones (excluding diaryl/α,β-unsaturated/α-hetero) is 1. The first kappa shape index (κ1) is 19.3. The standard InChI is InChI=1S/C20H14BrFN2O2S/c21-15-3-1-2-13(10-15)18(25)12-27-19-9-4-14(11-23-19)20(26)24-17-7-5-16(22)6-8-17/h1-11H,12H2,(H,24,26). The fourth-order valence-corrected chi connectivity index (χ4v) is 3.36. The number of nitrogens with zero attached hydrogens (tertiary/aromatic N) is 1. The number of halogens is 2. The molecule has 7 heteroatoms. The third kappa shape index (κ3) is 5.48. The van der Waals surface area contributed by atoms with Crippen molar-refractivity contribution in [2.75, 3.05) is 11.1 Å². The summed E-state index contributed by atoms with van der Waals surface area (Å²) < 4.78 is 13.8. The van der Waals surface area contributed by atoms with Gasteiger partial charge in [-0.2, -0.15) is 0 Å². The summed E-state index contributed by atoms with van der Waals surface area (Å²) >= 11 is 4.65. The normalized spacial score (nSPS) is 10.4. The van der Waals surface area contributed by atoms with Gasteiger partial charge in [-0.15, -0.1) is 0 Å². The van der Waals surface area contributed by atoms with Crippen molar-refractivity contribution >= 4 is 45.1 Å². The number of carbonyl (C=O) groups excluding carboxylic acids is 2. The van der Waals surface area contributed by atoms with Gasteiger partial charge in [-0.05, 0) is 48.5 Å². The third-order valence-electron chi connectivity index (χ3n) is 3.60. The van der Waals surface area contributed by atoms with E-state index >= 15 is 0 Å². The molecule has 0 saturated heterocycles. The minimum atomic E-state index is -0.367. The number of pyridine rings is 1. The van der Waals surface area contributed by atoms with E-state index < -0.39 is 0 Å². The van der Waals surface area contributed by atoms with E-state index in [-0.39, 0.29) is 23.3 Å². The number of hydrogen-bond acceptors (Lipinski definition) is 4. The Balaban J connectivity index is 1.57. The van der Waals surface area contributed by atoms with E-state index in [0.29, 0.717) is 21.8 Å². The number of thioether (sulfide) groups is 1. The molecule has 27 heavy (non-hydrogen) atoms. The Kier molecular flexibility index (Phi) is 6.36. The maximum Gasteiger partial charge on any atom is 0.257 e. The molecule has 0 fully saturated rings. The SMILES string of the molecule is O=C(CSc1ccc(C(=O)Nc2ccc(F)cc2)cn1)c1cccc(Br)c1.